The van der Waals surface area contributed by atoms with Gasteiger partial charge in [-0.25, -0.2) is 0 Å². The lowest BCUT2D eigenvalue weighted by Gasteiger charge is -2.51. The average molecular weight is 464 g/mol. The number of hydrogen-bond donors (Lipinski definition) is 6. The molecule has 0 radical (unpaired) electrons. The normalized spacial score (nSPS) is 43.8. The van der Waals surface area contributed by atoms with Crippen LogP contribution >= 0.6 is 0 Å². The number of rotatable bonds is 5. The van der Waals surface area contributed by atoms with Crippen molar-refractivity contribution in [3.63, 3.8) is 0 Å². The van der Waals surface area contributed by atoms with Crippen molar-refractivity contribution in [2.24, 2.45) is 0 Å². The molecule has 0 saturated carbocycles. The molecule has 13 nitrogen and oxygen atoms in total. The van der Waals surface area contributed by atoms with Gasteiger partial charge in [0, 0.05) is 13.8 Å². The van der Waals surface area contributed by atoms with Crippen LogP contribution in [0.4, 0.5) is 0 Å². The van der Waals surface area contributed by atoms with Crippen LogP contribution in [0.1, 0.15) is 27.7 Å². The molecule has 6 N–H and O–H groups in total. The van der Waals surface area contributed by atoms with Gasteiger partial charge in [0.25, 0.3) is 0 Å². The smallest absolute Gasteiger partial charge is 0.217 e. The monoisotopic (exact) mass is 464 g/mol. The van der Waals surface area contributed by atoms with E-state index >= 15 is 0 Å². The van der Waals surface area contributed by atoms with E-state index in [0.29, 0.717) is 0 Å². The summed E-state index contributed by atoms with van der Waals surface area (Å²) in [5, 5.41) is 46.5. The number of hydrogen-bond acceptors (Lipinski definition) is 11. The van der Waals surface area contributed by atoms with E-state index in [1.165, 1.54) is 13.8 Å². The number of fused-ring (bicyclic) bond motifs is 1. The maximum absolute atomic E-state index is 11.8. The minimum Gasteiger partial charge on any atom is -0.394 e. The topological polar surface area (TPSA) is 185 Å². The Morgan fingerprint density at radius 3 is 2.25 bits per heavy atom. The van der Waals surface area contributed by atoms with Gasteiger partial charge in [0.05, 0.1) is 13.2 Å². The minimum atomic E-state index is -1.60. The van der Waals surface area contributed by atoms with Gasteiger partial charge in [0.15, 0.2) is 18.4 Å². The van der Waals surface area contributed by atoms with Gasteiger partial charge in [-0.2, -0.15) is 0 Å². The molecule has 3 rings (SSSR count). The number of aliphatic hydroxyl groups excluding tert-OH is 4. The summed E-state index contributed by atoms with van der Waals surface area (Å²) in [6.07, 6.45) is -9.70. The van der Waals surface area contributed by atoms with Crippen molar-refractivity contribution in [1.29, 1.82) is 0 Å². The molecule has 1 unspecified atom stereocenters. The molecule has 3 aliphatic rings. The molecule has 0 aromatic rings. The van der Waals surface area contributed by atoms with Crippen LogP contribution < -0.4 is 10.6 Å². The summed E-state index contributed by atoms with van der Waals surface area (Å²) in [5.41, 5.74) is 0. The Balaban J connectivity index is 1.83. The van der Waals surface area contributed by atoms with Gasteiger partial charge in [-0.05, 0) is 13.8 Å². The Morgan fingerprint density at radius 2 is 1.66 bits per heavy atom. The van der Waals surface area contributed by atoms with E-state index in [1.807, 2.05) is 0 Å². The predicted molar refractivity (Wildman–Crippen MR) is 104 cm³/mol. The Morgan fingerprint density at radius 1 is 1.03 bits per heavy atom. The minimum absolute atomic E-state index is 0.0712. The molecule has 10 atom stereocenters. The van der Waals surface area contributed by atoms with E-state index in [-0.39, 0.29) is 6.61 Å². The van der Waals surface area contributed by atoms with Crippen LogP contribution in [0.25, 0.3) is 0 Å². The van der Waals surface area contributed by atoms with Gasteiger partial charge < -0.3 is 54.7 Å². The fraction of sp³-hybridized carbons (Fsp3) is 0.895. The Kier molecular flexibility index (Phi) is 7.74. The van der Waals surface area contributed by atoms with Crippen LogP contribution in [0.3, 0.4) is 0 Å². The third-order valence-corrected chi connectivity index (χ3v) is 5.59. The maximum atomic E-state index is 11.8. The zero-order valence-electron chi connectivity index (χ0n) is 18.3. The van der Waals surface area contributed by atoms with E-state index in [2.05, 4.69) is 10.6 Å². The Bertz CT molecular complexity index is 692. The Hall–Kier alpha value is -1.42. The molecule has 0 spiro atoms. The van der Waals surface area contributed by atoms with Crippen molar-refractivity contribution in [3.05, 3.63) is 0 Å². The fourth-order valence-corrected chi connectivity index (χ4v) is 4.14. The molecule has 32 heavy (non-hydrogen) atoms. The summed E-state index contributed by atoms with van der Waals surface area (Å²) >= 11 is 0. The number of nitrogens with one attached hydrogen (secondary N) is 2. The van der Waals surface area contributed by atoms with E-state index in [4.69, 9.17) is 23.7 Å². The summed E-state index contributed by atoms with van der Waals surface area (Å²) in [7, 11) is 0. The van der Waals surface area contributed by atoms with Crippen LogP contribution in [0, 0.1) is 0 Å². The Labute approximate surface area is 184 Å². The number of carbonyl (C=O) groups is 2. The van der Waals surface area contributed by atoms with Crippen LogP contribution in [-0.4, -0.2) is 113 Å². The summed E-state index contributed by atoms with van der Waals surface area (Å²) in [4.78, 5) is 23.3. The maximum Gasteiger partial charge on any atom is 0.217 e. The predicted octanol–water partition coefficient (Wildman–Crippen LogP) is -3.31. The number of ether oxygens (including phenoxy) is 5. The lowest BCUT2D eigenvalue weighted by atomic mass is 9.94. The molecule has 3 fully saturated rings. The summed E-state index contributed by atoms with van der Waals surface area (Å²) < 4.78 is 28.5. The third kappa shape index (κ3) is 5.38. The highest BCUT2D eigenvalue weighted by Crippen LogP contribution is 2.34. The van der Waals surface area contributed by atoms with Gasteiger partial charge in [-0.15, -0.1) is 0 Å². The molecule has 3 saturated heterocycles. The highest BCUT2D eigenvalue weighted by atomic mass is 16.8. The molecule has 0 bridgehead atoms. The second-order valence-electron chi connectivity index (χ2n) is 8.62. The van der Waals surface area contributed by atoms with E-state index in [0.717, 1.165) is 0 Å². The van der Waals surface area contributed by atoms with Crippen LogP contribution in [-0.2, 0) is 33.3 Å². The van der Waals surface area contributed by atoms with Crippen LogP contribution in [0.5, 0.6) is 0 Å². The lowest BCUT2D eigenvalue weighted by Crippen LogP contribution is -2.70. The third-order valence-electron chi connectivity index (χ3n) is 5.59. The van der Waals surface area contributed by atoms with Gasteiger partial charge in [0.1, 0.15) is 48.7 Å². The zero-order chi connectivity index (χ0) is 23.8. The molecule has 184 valence electrons. The van der Waals surface area contributed by atoms with Crippen molar-refractivity contribution in [1.82, 2.24) is 10.6 Å². The summed E-state index contributed by atoms with van der Waals surface area (Å²) in [6, 6.07) is -2.34. The van der Waals surface area contributed by atoms with Crippen molar-refractivity contribution in [2.45, 2.75) is 94.8 Å². The quantitative estimate of drug-likeness (QED) is 0.239. The first-order valence-electron chi connectivity index (χ1n) is 10.4. The highest BCUT2D eigenvalue weighted by molar-refractivity contribution is 5.73. The first kappa shape index (κ1) is 25.2. The van der Waals surface area contributed by atoms with Crippen molar-refractivity contribution in [3.8, 4) is 0 Å². The molecular formula is C19H32N2O11. The van der Waals surface area contributed by atoms with E-state index in [9.17, 15) is 30.0 Å². The second kappa shape index (κ2) is 9.83. The van der Waals surface area contributed by atoms with Gasteiger partial charge in [-0.3, -0.25) is 9.59 Å². The molecule has 3 aliphatic heterocycles. The van der Waals surface area contributed by atoms with E-state index < -0.39 is 85.5 Å². The number of amides is 2. The van der Waals surface area contributed by atoms with Crippen LogP contribution in [0.2, 0.25) is 0 Å². The molecule has 3 heterocycles. The van der Waals surface area contributed by atoms with E-state index in [1.54, 1.807) is 13.8 Å². The van der Waals surface area contributed by atoms with Gasteiger partial charge in [-0.1, -0.05) is 0 Å². The first-order chi connectivity index (χ1) is 14.9. The number of carbonyl (C=O) groups excluding carboxylic acids is 2. The second-order valence-corrected chi connectivity index (χ2v) is 8.62. The SMILES string of the molecule is CC(=O)N[C@H]1[C@H](O[C@H]2[C@H](O)[C@@H](NC(C)=O)C(O)O[C@@H]2CO)O[C@@H]2COC(C)(C)O[C@H]2[C@@H]1O. The number of aliphatic hydroxyl groups is 4. The average Bonchev–Trinajstić information content (AvgIpc) is 2.69. The molecule has 0 aromatic heterocycles. The molecular weight excluding hydrogens is 432 g/mol. The van der Waals surface area contributed by atoms with Crippen molar-refractivity contribution >= 4 is 11.8 Å². The summed E-state index contributed by atoms with van der Waals surface area (Å²) in [6.45, 7) is 5.26. The van der Waals surface area contributed by atoms with Gasteiger partial charge in [0.2, 0.25) is 11.8 Å². The molecule has 2 amide bonds. The lowest BCUT2D eigenvalue weighted by molar-refractivity contribution is -0.381. The van der Waals surface area contributed by atoms with Gasteiger partial charge >= 0.3 is 0 Å². The first-order valence-corrected chi connectivity index (χ1v) is 10.4. The van der Waals surface area contributed by atoms with Crippen molar-refractivity contribution < 1.29 is 53.7 Å². The summed E-state index contributed by atoms with van der Waals surface area (Å²) in [5.74, 6) is -1.97. The highest BCUT2D eigenvalue weighted by Gasteiger charge is 2.54. The zero-order valence-corrected chi connectivity index (χ0v) is 18.3. The van der Waals surface area contributed by atoms with Crippen molar-refractivity contribution in [2.75, 3.05) is 13.2 Å². The fourth-order valence-electron chi connectivity index (χ4n) is 4.14. The molecule has 0 aliphatic carbocycles. The van der Waals surface area contributed by atoms with Crippen LogP contribution in [0.15, 0.2) is 0 Å². The largest absolute Gasteiger partial charge is 0.394 e. The molecule has 0 aromatic carbocycles. The standard InChI is InChI=1S/C19H32N2O11/c1-7(23)20-11-13(25)15(9(5-22)29-17(11)27)31-18-12(21-8(2)24)14(26)16-10(30-18)6-28-19(3,4)32-16/h9-18,22,25-27H,5-6H2,1-4H3,(H,20,23)(H,21,24)/t9-,10-,11-,12-,13-,14-,15-,16-,17?,18+/m1/s1. The molecule has 13 heteroatoms.